The van der Waals surface area contributed by atoms with E-state index in [0.29, 0.717) is 15.6 Å². The Bertz CT molecular complexity index is 581. The number of rotatable bonds is 3. The number of hydrogen-bond donors (Lipinski definition) is 0. The zero-order valence-corrected chi connectivity index (χ0v) is 12.2. The Morgan fingerprint density at radius 3 is 2.16 bits per heavy atom. The van der Waals surface area contributed by atoms with Crippen molar-refractivity contribution in [3.63, 3.8) is 0 Å². The molecule has 0 amide bonds. The van der Waals surface area contributed by atoms with E-state index >= 15 is 0 Å². The van der Waals surface area contributed by atoms with E-state index in [1.165, 1.54) is 0 Å². The van der Waals surface area contributed by atoms with E-state index in [4.69, 9.17) is 23.2 Å². The molecule has 2 aromatic carbocycles. The van der Waals surface area contributed by atoms with Gasteiger partial charge in [-0.1, -0.05) is 53.5 Å². The van der Waals surface area contributed by atoms with Crippen molar-refractivity contribution in [1.82, 2.24) is 0 Å². The Labute approximate surface area is 136 Å². The van der Waals surface area contributed by atoms with Gasteiger partial charge < -0.3 is 0 Å². The molecular weight excluding hydrogens is 293 g/mol. The zero-order chi connectivity index (χ0) is 13.1. The molecule has 0 N–H and O–H groups in total. The van der Waals surface area contributed by atoms with E-state index in [9.17, 15) is 4.79 Å². The molecule has 0 spiro atoms. The third-order valence-electron chi connectivity index (χ3n) is 2.58. The Kier molecular flexibility index (Phi) is 6.61. The Morgan fingerprint density at radius 2 is 1.58 bits per heavy atom. The molecule has 2 rings (SSSR count). The Hall–Kier alpha value is -0.283. The van der Waals surface area contributed by atoms with E-state index in [1.54, 1.807) is 18.2 Å². The predicted octanol–water partition coefficient (Wildman–Crippen LogP) is 3.80. The van der Waals surface area contributed by atoms with Crippen LogP contribution in [-0.2, 0) is 0 Å². The van der Waals surface area contributed by atoms with Gasteiger partial charge in [-0.3, -0.25) is 4.79 Å². The molecule has 1 atom stereocenters. The van der Waals surface area contributed by atoms with Crippen LogP contribution in [0.1, 0.15) is 15.9 Å². The molecule has 0 bridgehead atoms. The maximum absolute atomic E-state index is 12.3. The van der Waals surface area contributed by atoms with Gasteiger partial charge >= 0.3 is 18.9 Å². The molecule has 5 heteroatoms. The molecule has 19 heavy (non-hydrogen) atoms. The fourth-order valence-electron chi connectivity index (χ4n) is 1.61. The third kappa shape index (κ3) is 4.09. The van der Waals surface area contributed by atoms with Crippen molar-refractivity contribution in [1.29, 1.82) is 0 Å². The van der Waals surface area contributed by atoms with E-state index in [0.717, 1.165) is 10.9 Å². The van der Waals surface area contributed by atoms with Crippen LogP contribution in [0, 0.1) is 6.92 Å². The van der Waals surface area contributed by atoms with Crippen LogP contribution in [0.4, 0.5) is 0 Å². The summed E-state index contributed by atoms with van der Waals surface area (Å²) >= 11 is 12.1. The number of carbonyl (C=O) groups excluding carboxylic acids is 1. The first kappa shape index (κ1) is 16.8. The maximum atomic E-state index is 12.3. The summed E-state index contributed by atoms with van der Waals surface area (Å²) in [4.78, 5) is 12.3. The van der Waals surface area contributed by atoms with Gasteiger partial charge in [0.2, 0.25) is 0 Å². The minimum absolute atomic E-state index is 0. The number of benzene rings is 2. The van der Waals surface area contributed by atoms with E-state index < -0.39 is 0 Å². The molecule has 0 aliphatic rings. The molecule has 0 saturated carbocycles. The molecule has 0 aliphatic carbocycles. The standard InChI is InChI=1S/C14H11Cl2OP.Li.H/c1-9-5-2-3-8-12(9)18-14(17)13-10(15)6-4-7-11(13)16;;/h2-8,18H,1H3;;. The van der Waals surface area contributed by atoms with Gasteiger partial charge in [-0.15, -0.1) is 0 Å². The number of carbonyl (C=O) groups is 1. The molecule has 1 unspecified atom stereocenters. The number of halogens is 2. The van der Waals surface area contributed by atoms with Crippen LogP contribution >= 0.6 is 31.8 Å². The molecular formula is C14H12Cl2LiOP. The van der Waals surface area contributed by atoms with Crippen molar-refractivity contribution in [2.75, 3.05) is 0 Å². The summed E-state index contributed by atoms with van der Waals surface area (Å²) in [5, 5.41) is 1.85. The third-order valence-corrected chi connectivity index (χ3v) is 4.52. The summed E-state index contributed by atoms with van der Waals surface area (Å²) in [5.74, 6) is 0. The zero-order valence-electron chi connectivity index (χ0n) is 9.71. The van der Waals surface area contributed by atoms with Crippen molar-refractivity contribution in [3.05, 3.63) is 63.6 Å². The molecule has 0 radical (unpaired) electrons. The molecule has 0 aromatic heterocycles. The molecule has 2 aromatic rings. The van der Waals surface area contributed by atoms with Crippen LogP contribution in [0.2, 0.25) is 10.0 Å². The average Bonchev–Trinajstić information content (AvgIpc) is 2.32. The second-order valence-corrected chi connectivity index (χ2v) is 5.92. The van der Waals surface area contributed by atoms with Gasteiger partial charge in [0, 0.05) is 0 Å². The van der Waals surface area contributed by atoms with E-state index in [1.807, 2.05) is 31.2 Å². The first-order valence-electron chi connectivity index (χ1n) is 5.40. The average molecular weight is 305 g/mol. The van der Waals surface area contributed by atoms with Gasteiger partial charge in [0.25, 0.3) is 0 Å². The van der Waals surface area contributed by atoms with Crippen LogP contribution < -0.4 is 5.30 Å². The first-order chi connectivity index (χ1) is 8.59. The van der Waals surface area contributed by atoms with Gasteiger partial charge in [-0.05, 0) is 38.5 Å². The van der Waals surface area contributed by atoms with Crippen LogP contribution in [0.5, 0.6) is 0 Å². The van der Waals surface area contributed by atoms with Crippen molar-refractivity contribution >= 4 is 61.5 Å². The molecule has 94 valence electrons. The van der Waals surface area contributed by atoms with Gasteiger partial charge in [0.05, 0.1) is 15.6 Å². The summed E-state index contributed by atoms with van der Waals surface area (Å²) < 4.78 is 0. The molecule has 0 heterocycles. The molecule has 1 nitrogen and oxygen atoms in total. The monoisotopic (exact) mass is 304 g/mol. The number of hydrogen-bond acceptors (Lipinski definition) is 1. The summed E-state index contributed by atoms with van der Waals surface area (Å²) in [6, 6.07) is 12.9. The van der Waals surface area contributed by atoms with Gasteiger partial charge in [0.15, 0.2) is 5.52 Å². The molecule has 0 aliphatic heterocycles. The topological polar surface area (TPSA) is 17.1 Å². The van der Waals surface area contributed by atoms with Crippen LogP contribution in [0.25, 0.3) is 0 Å². The van der Waals surface area contributed by atoms with Crippen LogP contribution in [0.15, 0.2) is 42.5 Å². The number of aryl methyl sites for hydroxylation is 1. The van der Waals surface area contributed by atoms with Crippen molar-refractivity contribution < 1.29 is 4.79 Å². The Balaban J connectivity index is 0.00000180. The fourth-order valence-corrected chi connectivity index (χ4v) is 3.44. The fraction of sp³-hybridized carbons (Fsp3) is 0.0714. The van der Waals surface area contributed by atoms with Crippen LogP contribution in [-0.4, -0.2) is 24.4 Å². The van der Waals surface area contributed by atoms with Gasteiger partial charge in [-0.25, -0.2) is 0 Å². The second-order valence-electron chi connectivity index (χ2n) is 3.87. The van der Waals surface area contributed by atoms with E-state index in [2.05, 4.69) is 0 Å². The Morgan fingerprint density at radius 1 is 1.00 bits per heavy atom. The minimum atomic E-state index is -0.0279. The molecule has 0 saturated heterocycles. The van der Waals surface area contributed by atoms with Crippen molar-refractivity contribution in [2.45, 2.75) is 6.92 Å². The van der Waals surface area contributed by atoms with Gasteiger partial charge in [0.1, 0.15) is 0 Å². The SMILES string of the molecule is Cc1ccccc1PC(=O)c1c(Cl)cccc1Cl.[LiH]. The van der Waals surface area contributed by atoms with Crippen LogP contribution in [0.3, 0.4) is 0 Å². The van der Waals surface area contributed by atoms with E-state index in [-0.39, 0.29) is 33.0 Å². The van der Waals surface area contributed by atoms with Gasteiger partial charge in [-0.2, -0.15) is 0 Å². The summed E-state index contributed by atoms with van der Waals surface area (Å²) in [6.07, 6.45) is 0. The second kappa shape index (κ2) is 7.49. The van der Waals surface area contributed by atoms with Crippen molar-refractivity contribution in [3.8, 4) is 0 Å². The quantitative estimate of drug-likeness (QED) is 0.623. The summed E-state index contributed by atoms with van der Waals surface area (Å²) in [5.41, 5.74) is 1.50. The summed E-state index contributed by atoms with van der Waals surface area (Å²) in [6.45, 7) is 1.99. The summed E-state index contributed by atoms with van der Waals surface area (Å²) in [7, 11) is 0.0395. The normalized spacial score (nSPS) is 10.5. The first-order valence-corrected chi connectivity index (χ1v) is 7.16. The molecule has 0 fully saturated rings. The predicted molar refractivity (Wildman–Crippen MR) is 87.1 cm³/mol. The van der Waals surface area contributed by atoms with Crippen molar-refractivity contribution in [2.24, 2.45) is 0 Å².